The van der Waals surface area contributed by atoms with E-state index in [4.69, 9.17) is 0 Å². The van der Waals surface area contributed by atoms with Gasteiger partial charge in [0.1, 0.15) is 0 Å². The number of hydrogen-bond acceptors (Lipinski definition) is 4. The first-order chi connectivity index (χ1) is 9.55. The average molecular weight is 296 g/mol. The molecular weight excluding hydrogens is 276 g/mol. The summed E-state index contributed by atoms with van der Waals surface area (Å²) in [5.74, 6) is 0. The highest BCUT2D eigenvalue weighted by Crippen LogP contribution is 2.22. The number of nitrogens with one attached hydrogen (secondary N) is 1. The smallest absolute Gasteiger partial charge is 0.243 e. The predicted molar refractivity (Wildman–Crippen MR) is 75.7 cm³/mol. The van der Waals surface area contributed by atoms with Gasteiger partial charge in [-0.15, -0.1) is 0 Å². The summed E-state index contributed by atoms with van der Waals surface area (Å²) in [6.07, 6.45) is 2.46. The molecule has 2 N–H and O–H groups in total. The van der Waals surface area contributed by atoms with Gasteiger partial charge < -0.3 is 10.4 Å². The highest BCUT2D eigenvalue weighted by molar-refractivity contribution is 7.89. The Kier molecular flexibility index (Phi) is 3.81. The number of hydrogen-bond donors (Lipinski definition) is 2. The summed E-state index contributed by atoms with van der Waals surface area (Å²) >= 11 is 0. The Labute approximate surface area is 119 Å². The second kappa shape index (κ2) is 5.44. The molecule has 0 bridgehead atoms. The largest absolute Gasteiger partial charge is 0.392 e. The fraction of sp³-hybridized carbons (Fsp3) is 0.571. The molecule has 1 saturated carbocycles. The summed E-state index contributed by atoms with van der Waals surface area (Å²) in [6, 6.07) is 7.67. The second-order valence-electron chi connectivity index (χ2n) is 5.60. The molecular formula is C14H20N2O3S. The highest BCUT2D eigenvalue weighted by atomic mass is 32.2. The molecule has 6 heteroatoms. The topological polar surface area (TPSA) is 69.6 Å². The molecule has 0 aromatic heterocycles. The van der Waals surface area contributed by atoms with Crippen LogP contribution in [0, 0.1) is 0 Å². The zero-order valence-electron chi connectivity index (χ0n) is 11.3. The lowest BCUT2D eigenvalue weighted by Crippen LogP contribution is -2.29. The normalized spacial score (nSPS) is 24.1. The lowest BCUT2D eigenvalue weighted by molar-refractivity contribution is 0.189. The predicted octanol–water partition coefficient (Wildman–Crippen LogP) is 0.694. The summed E-state index contributed by atoms with van der Waals surface area (Å²) in [6.45, 7) is 1.38. The van der Waals surface area contributed by atoms with Crippen molar-refractivity contribution in [2.24, 2.45) is 0 Å². The van der Waals surface area contributed by atoms with Crippen LogP contribution in [0.15, 0.2) is 29.2 Å². The van der Waals surface area contributed by atoms with Gasteiger partial charge in [-0.2, -0.15) is 4.31 Å². The molecule has 1 atom stereocenters. The molecule has 0 spiro atoms. The zero-order chi connectivity index (χ0) is 14.2. The molecule has 0 radical (unpaired) electrons. The minimum absolute atomic E-state index is 0.202. The number of nitrogens with zero attached hydrogens (tertiary/aromatic N) is 1. The van der Waals surface area contributed by atoms with Gasteiger partial charge in [-0.3, -0.25) is 0 Å². The van der Waals surface area contributed by atoms with Crippen LogP contribution in [-0.4, -0.2) is 43.1 Å². The standard InChI is InChI=1S/C14H20N2O3S/c17-13-7-8-16(10-13)20(18,19)14-5-1-11(2-6-14)9-15-12-3-4-12/h1-2,5-6,12-13,15,17H,3-4,7-10H2. The van der Waals surface area contributed by atoms with Gasteiger partial charge in [0.2, 0.25) is 10.0 Å². The van der Waals surface area contributed by atoms with Crippen molar-refractivity contribution < 1.29 is 13.5 Å². The SMILES string of the molecule is O=S(=O)(c1ccc(CNC2CC2)cc1)N1CCC(O)C1. The maximum atomic E-state index is 12.4. The van der Waals surface area contributed by atoms with E-state index in [-0.39, 0.29) is 6.54 Å². The van der Waals surface area contributed by atoms with Crippen molar-refractivity contribution in [3.05, 3.63) is 29.8 Å². The van der Waals surface area contributed by atoms with Crippen molar-refractivity contribution in [3.8, 4) is 0 Å². The van der Waals surface area contributed by atoms with E-state index < -0.39 is 16.1 Å². The van der Waals surface area contributed by atoms with Crippen LogP contribution in [0.5, 0.6) is 0 Å². The van der Waals surface area contributed by atoms with E-state index in [9.17, 15) is 13.5 Å². The first-order valence-corrected chi connectivity index (χ1v) is 8.50. The molecule has 1 aliphatic carbocycles. The second-order valence-corrected chi connectivity index (χ2v) is 7.54. The van der Waals surface area contributed by atoms with Crippen molar-refractivity contribution in [1.29, 1.82) is 0 Å². The summed E-state index contributed by atoms with van der Waals surface area (Å²) < 4.78 is 26.1. The fourth-order valence-electron chi connectivity index (χ4n) is 2.41. The Morgan fingerprint density at radius 3 is 2.45 bits per heavy atom. The highest BCUT2D eigenvalue weighted by Gasteiger charge is 2.31. The molecule has 0 amide bonds. The maximum absolute atomic E-state index is 12.4. The van der Waals surface area contributed by atoms with Crippen LogP contribution in [-0.2, 0) is 16.6 Å². The summed E-state index contributed by atoms with van der Waals surface area (Å²) in [4.78, 5) is 0.307. The number of aliphatic hydroxyl groups excluding tert-OH is 1. The Bertz CT molecular complexity index is 567. The number of rotatable bonds is 5. The summed E-state index contributed by atoms with van der Waals surface area (Å²) in [7, 11) is -3.45. The Morgan fingerprint density at radius 1 is 1.20 bits per heavy atom. The van der Waals surface area contributed by atoms with E-state index in [1.54, 1.807) is 12.1 Å². The minimum atomic E-state index is -3.45. The van der Waals surface area contributed by atoms with Crippen molar-refractivity contribution in [2.75, 3.05) is 13.1 Å². The van der Waals surface area contributed by atoms with E-state index in [1.165, 1.54) is 17.1 Å². The summed E-state index contributed by atoms with van der Waals surface area (Å²) in [5.41, 5.74) is 1.09. The lowest BCUT2D eigenvalue weighted by Gasteiger charge is -2.16. The van der Waals surface area contributed by atoms with Gasteiger partial charge in [0.05, 0.1) is 11.0 Å². The van der Waals surface area contributed by atoms with E-state index in [1.807, 2.05) is 12.1 Å². The van der Waals surface area contributed by atoms with Crippen LogP contribution in [0.3, 0.4) is 0 Å². The molecule has 1 aliphatic heterocycles. The van der Waals surface area contributed by atoms with Crippen LogP contribution >= 0.6 is 0 Å². The average Bonchev–Trinajstić information content (AvgIpc) is 3.17. The Hall–Kier alpha value is -0.950. The van der Waals surface area contributed by atoms with Gasteiger partial charge in [0.15, 0.2) is 0 Å². The van der Waals surface area contributed by atoms with Gasteiger partial charge in [-0.25, -0.2) is 8.42 Å². The number of benzene rings is 1. The number of aliphatic hydroxyl groups is 1. The quantitative estimate of drug-likeness (QED) is 0.839. The van der Waals surface area contributed by atoms with Crippen molar-refractivity contribution in [3.63, 3.8) is 0 Å². The molecule has 2 fully saturated rings. The zero-order valence-corrected chi connectivity index (χ0v) is 12.1. The monoisotopic (exact) mass is 296 g/mol. The van der Waals surface area contributed by atoms with Crippen LogP contribution in [0.25, 0.3) is 0 Å². The van der Waals surface area contributed by atoms with Crippen molar-refractivity contribution in [2.45, 2.75) is 42.8 Å². The lowest BCUT2D eigenvalue weighted by atomic mass is 10.2. The van der Waals surface area contributed by atoms with Crippen LogP contribution < -0.4 is 5.32 Å². The van der Waals surface area contributed by atoms with Gasteiger partial charge in [-0.05, 0) is 37.0 Å². The van der Waals surface area contributed by atoms with Crippen LogP contribution in [0.2, 0.25) is 0 Å². The molecule has 2 aliphatic rings. The molecule has 3 rings (SSSR count). The third-order valence-corrected chi connectivity index (χ3v) is 5.74. The molecule has 1 saturated heterocycles. The first-order valence-electron chi connectivity index (χ1n) is 7.06. The number of sulfonamides is 1. The van der Waals surface area contributed by atoms with E-state index >= 15 is 0 Å². The molecule has 1 heterocycles. The van der Waals surface area contributed by atoms with Gasteiger partial charge >= 0.3 is 0 Å². The van der Waals surface area contributed by atoms with Crippen molar-refractivity contribution >= 4 is 10.0 Å². The molecule has 1 aromatic rings. The third-order valence-electron chi connectivity index (χ3n) is 3.86. The Morgan fingerprint density at radius 2 is 1.90 bits per heavy atom. The molecule has 1 unspecified atom stereocenters. The first kappa shape index (κ1) is 14.0. The van der Waals surface area contributed by atoms with E-state index in [0.717, 1.165) is 12.1 Å². The van der Waals surface area contributed by atoms with Gasteiger partial charge in [-0.1, -0.05) is 12.1 Å². The van der Waals surface area contributed by atoms with Gasteiger partial charge in [0, 0.05) is 25.7 Å². The minimum Gasteiger partial charge on any atom is -0.392 e. The number of β-amino-alcohol motifs (C(OH)–C–C–N with tert-alkyl or cyclic N) is 1. The summed E-state index contributed by atoms with van der Waals surface area (Å²) in [5, 5.41) is 12.9. The van der Waals surface area contributed by atoms with Gasteiger partial charge in [0.25, 0.3) is 0 Å². The Balaban J connectivity index is 1.69. The molecule has 20 heavy (non-hydrogen) atoms. The third kappa shape index (κ3) is 3.03. The van der Waals surface area contributed by atoms with E-state index in [2.05, 4.69) is 5.32 Å². The molecule has 1 aromatic carbocycles. The van der Waals surface area contributed by atoms with Crippen molar-refractivity contribution in [1.82, 2.24) is 9.62 Å². The molecule has 5 nitrogen and oxygen atoms in total. The fourth-order valence-corrected chi connectivity index (χ4v) is 3.90. The molecule has 110 valence electrons. The van der Waals surface area contributed by atoms with E-state index in [0.29, 0.717) is 23.9 Å². The van der Waals surface area contributed by atoms with Crippen LogP contribution in [0.4, 0.5) is 0 Å². The van der Waals surface area contributed by atoms with Crippen LogP contribution in [0.1, 0.15) is 24.8 Å². The maximum Gasteiger partial charge on any atom is 0.243 e.